The molecule has 8 heteroatoms. The summed E-state index contributed by atoms with van der Waals surface area (Å²) in [6, 6.07) is 4.25. The van der Waals surface area contributed by atoms with E-state index in [0.717, 1.165) is 10.6 Å². The summed E-state index contributed by atoms with van der Waals surface area (Å²) in [6.07, 6.45) is 0. The van der Waals surface area contributed by atoms with Gasteiger partial charge in [0.1, 0.15) is 10.6 Å². The number of benzene rings is 1. The first-order valence-electron chi connectivity index (χ1n) is 5.60. The number of nitro benzene ring substituents is 1. The number of carbonyl (C=O) groups excluding carboxylic acids is 1. The van der Waals surface area contributed by atoms with Crippen molar-refractivity contribution in [1.29, 1.82) is 0 Å². The maximum atomic E-state index is 12.0. The largest absolute Gasteiger partial charge is 0.347 e. The van der Waals surface area contributed by atoms with E-state index in [4.69, 9.17) is 11.6 Å². The van der Waals surface area contributed by atoms with Crippen LogP contribution < -0.4 is 5.32 Å². The maximum absolute atomic E-state index is 12.0. The summed E-state index contributed by atoms with van der Waals surface area (Å²) < 4.78 is 0. The Morgan fingerprint density at radius 1 is 1.55 bits per heavy atom. The molecule has 0 fully saturated rings. The van der Waals surface area contributed by atoms with Gasteiger partial charge < -0.3 is 5.32 Å². The molecule has 0 saturated heterocycles. The highest BCUT2D eigenvalue weighted by Gasteiger charge is 2.23. The zero-order valence-electron chi connectivity index (χ0n) is 10.4. The van der Waals surface area contributed by atoms with Crippen molar-refractivity contribution in [2.45, 2.75) is 13.5 Å². The van der Waals surface area contributed by atoms with Crippen molar-refractivity contribution in [2.24, 2.45) is 0 Å². The van der Waals surface area contributed by atoms with E-state index >= 15 is 0 Å². The number of amides is 1. The second kappa shape index (κ2) is 5.98. The molecule has 0 bridgehead atoms. The van der Waals surface area contributed by atoms with Crippen molar-refractivity contribution in [2.75, 3.05) is 0 Å². The smallest absolute Gasteiger partial charge is 0.300 e. The Labute approximate surface area is 123 Å². The number of rotatable bonds is 4. The molecule has 0 aliphatic carbocycles. The van der Waals surface area contributed by atoms with Crippen molar-refractivity contribution in [1.82, 2.24) is 10.3 Å². The molecular weight excluding hydrogens is 302 g/mol. The molecule has 2 aromatic rings. The lowest BCUT2D eigenvalue weighted by Gasteiger charge is -2.06. The Morgan fingerprint density at radius 3 is 2.90 bits per heavy atom. The van der Waals surface area contributed by atoms with E-state index in [1.165, 1.54) is 29.5 Å². The topological polar surface area (TPSA) is 85.1 Å². The van der Waals surface area contributed by atoms with Crippen molar-refractivity contribution in [3.05, 3.63) is 55.0 Å². The van der Waals surface area contributed by atoms with E-state index in [2.05, 4.69) is 10.3 Å². The standard InChI is InChI=1S/C12H10ClN3O3S/c1-7-10(20-6-15-7)5-14-12(17)8-3-2-4-9(13)11(8)16(18)19/h2-4,6H,5H2,1H3,(H,14,17). The third-order valence-corrected chi connectivity index (χ3v) is 3.91. The minimum Gasteiger partial charge on any atom is -0.347 e. The highest BCUT2D eigenvalue weighted by Crippen LogP contribution is 2.28. The number of hydrogen-bond donors (Lipinski definition) is 1. The lowest BCUT2D eigenvalue weighted by atomic mass is 10.1. The molecule has 0 radical (unpaired) electrons. The highest BCUT2D eigenvalue weighted by atomic mass is 35.5. The zero-order chi connectivity index (χ0) is 14.7. The zero-order valence-corrected chi connectivity index (χ0v) is 12.0. The van der Waals surface area contributed by atoms with Gasteiger partial charge in [0.25, 0.3) is 5.91 Å². The van der Waals surface area contributed by atoms with Crippen molar-refractivity contribution >= 4 is 34.5 Å². The molecule has 0 spiro atoms. The first-order chi connectivity index (χ1) is 9.50. The summed E-state index contributed by atoms with van der Waals surface area (Å²) in [5, 5.41) is 13.5. The Hall–Kier alpha value is -1.99. The van der Waals surface area contributed by atoms with E-state index in [0.29, 0.717) is 0 Å². The molecule has 104 valence electrons. The Kier molecular flexibility index (Phi) is 4.31. The fourth-order valence-corrected chi connectivity index (χ4v) is 2.60. The SMILES string of the molecule is Cc1ncsc1CNC(=O)c1cccc(Cl)c1[N+](=O)[O-]. The number of nitro groups is 1. The van der Waals surface area contributed by atoms with Gasteiger partial charge in [-0.25, -0.2) is 4.98 Å². The third-order valence-electron chi connectivity index (χ3n) is 2.67. The Bertz CT molecular complexity index is 672. The van der Waals surface area contributed by atoms with Gasteiger partial charge in [-0.05, 0) is 19.1 Å². The van der Waals surface area contributed by atoms with Gasteiger partial charge in [0, 0.05) is 4.88 Å². The molecule has 0 aliphatic heterocycles. The molecule has 0 aliphatic rings. The van der Waals surface area contributed by atoms with Crippen LogP contribution in [-0.4, -0.2) is 15.8 Å². The third kappa shape index (κ3) is 2.94. The molecule has 0 saturated carbocycles. The lowest BCUT2D eigenvalue weighted by Crippen LogP contribution is -2.23. The normalized spacial score (nSPS) is 10.3. The molecule has 20 heavy (non-hydrogen) atoms. The minimum atomic E-state index is -0.658. The monoisotopic (exact) mass is 311 g/mol. The van der Waals surface area contributed by atoms with Crippen LogP contribution in [0.3, 0.4) is 0 Å². The molecule has 1 heterocycles. The van der Waals surface area contributed by atoms with E-state index in [1.54, 1.807) is 5.51 Å². The molecule has 2 rings (SSSR count). The molecule has 1 amide bonds. The fraction of sp³-hybridized carbons (Fsp3) is 0.167. The highest BCUT2D eigenvalue weighted by molar-refractivity contribution is 7.09. The molecule has 0 atom stereocenters. The predicted molar refractivity (Wildman–Crippen MR) is 76.1 cm³/mol. The summed E-state index contributed by atoms with van der Waals surface area (Å²) in [7, 11) is 0. The van der Waals surface area contributed by atoms with Crippen LogP contribution in [0, 0.1) is 17.0 Å². The molecular formula is C12H10ClN3O3S. The van der Waals surface area contributed by atoms with E-state index in [9.17, 15) is 14.9 Å². The maximum Gasteiger partial charge on any atom is 0.300 e. The van der Waals surface area contributed by atoms with Gasteiger partial charge in [-0.15, -0.1) is 11.3 Å². The minimum absolute atomic E-state index is 0.0512. The number of nitrogens with one attached hydrogen (secondary N) is 1. The van der Waals surface area contributed by atoms with E-state index in [-0.39, 0.29) is 22.8 Å². The second-order valence-corrected chi connectivity index (χ2v) is 5.28. The predicted octanol–water partition coefficient (Wildman–Crippen LogP) is 2.94. The van der Waals surface area contributed by atoms with Gasteiger partial charge in [0.2, 0.25) is 0 Å². The Morgan fingerprint density at radius 2 is 2.30 bits per heavy atom. The Balaban J connectivity index is 2.20. The van der Waals surface area contributed by atoms with Crippen LogP contribution in [0.2, 0.25) is 5.02 Å². The average molecular weight is 312 g/mol. The molecule has 1 N–H and O–H groups in total. The van der Waals surface area contributed by atoms with Crippen LogP contribution in [-0.2, 0) is 6.54 Å². The number of aromatic nitrogens is 1. The number of aryl methyl sites for hydroxylation is 1. The molecule has 6 nitrogen and oxygen atoms in total. The van der Waals surface area contributed by atoms with Crippen molar-refractivity contribution in [3.63, 3.8) is 0 Å². The quantitative estimate of drug-likeness (QED) is 0.695. The number of nitrogens with zero attached hydrogens (tertiary/aromatic N) is 2. The first kappa shape index (κ1) is 14.4. The average Bonchev–Trinajstić information content (AvgIpc) is 2.80. The lowest BCUT2D eigenvalue weighted by molar-refractivity contribution is -0.385. The van der Waals surface area contributed by atoms with Crippen LogP contribution in [0.15, 0.2) is 23.7 Å². The van der Waals surface area contributed by atoms with Gasteiger partial charge in [0.15, 0.2) is 0 Å². The number of para-hydroxylation sites is 1. The van der Waals surface area contributed by atoms with Crippen LogP contribution in [0.5, 0.6) is 0 Å². The van der Waals surface area contributed by atoms with E-state index in [1.807, 2.05) is 6.92 Å². The summed E-state index contributed by atoms with van der Waals surface area (Å²) in [5.41, 5.74) is 2.08. The number of halogens is 1. The molecule has 0 unspecified atom stereocenters. The second-order valence-electron chi connectivity index (χ2n) is 3.94. The van der Waals surface area contributed by atoms with Crippen LogP contribution in [0.25, 0.3) is 0 Å². The molecule has 1 aromatic heterocycles. The number of thiazole rings is 1. The van der Waals surface area contributed by atoms with Gasteiger partial charge in [-0.1, -0.05) is 17.7 Å². The van der Waals surface area contributed by atoms with Crippen LogP contribution in [0.4, 0.5) is 5.69 Å². The summed E-state index contributed by atoms with van der Waals surface area (Å²) >= 11 is 7.18. The first-order valence-corrected chi connectivity index (χ1v) is 6.86. The summed E-state index contributed by atoms with van der Waals surface area (Å²) in [6.45, 7) is 2.11. The number of hydrogen-bond acceptors (Lipinski definition) is 5. The van der Waals surface area contributed by atoms with Gasteiger partial charge >= 0.3 is 5.69 Å². The van der Waals surface area contributed by atoms with Gasteiger partial charge in [-0.3, -0.25) is 14.9 Å². The van der Waals surface area contributed by atoms with Gasteiger partial charge in [-0.2, -0.15) is 0 Å². The van der Waals surface area contributed by atoms with Gasteiger partial charge in [0.05, 0.1) is 22.7 Å². The van der Waals surface area contributed by atoms with Crippen molar-refractivity contribution < 1.29 is 9.72 Å². The summed E-state index contributed by atoms with van der Waals surface area (Å²) in [5.74, 6) is -0.535. The van der Waals surface area contributed by atoms with Crippen LogP contribution in [0.1, 0.15) is 20.9 Å². The summed E-state index contributed by atoms with van der Waals surface area (Å²) in [4.78, 5) is 27.3. The number of carbonyl (C=O) groups is 1. The van der Waals surface area contributed by atoms with Crippen molar-refractivity contribution in [3.8, 4) is 0 Å². The van der Waals surface area contributed by atoms with E-state index < -0.39 is 10.8 Å². The van der Waals surface area contributed by atoms with Crippen LogP contribution >= 0.6 is 22.9 Å². The fourth-order valence-electron chi connectivity index (χ4n) is 1.64. The molecule has 1 aromatic carbocycles.